The van der Waals surface area contributed by atoms with Gasteiger partial charge < -0.3 is 68.7 Å². The maximum Gasteiger partial charge on any atom is 0.312 e. The number of nitrogens with one attached hydrogen (secondary N) is 1. The third-order valence-corrected chi connectivity index (χ3v) is 12.9. The van der Waals surface area contributed by atoms with Gasteiger partial charge in [-0.3, -0.25) is 28.8 Å². The van der Waals surface area contributed by atoms with Crippen LogP contribution in [0.2, 0.25) is 0 Å². The van der Waals surface area contributed by atoms with Crippen molar-refractivity contribution < 1.29 is 92.2 Å². The summed E-state index contributed by atoms with van der Waals surface area (Å²) in [5.74, 6) is -11.4. The van der Waals surface area contributed by atoms with Crippen molar-refractivity contribution in [2.45, 2.75) is 124 Å². The minimum absolute atomic E-state index is 0.0106. The summed E-state index contributed by atoms with van der Waals surface area (Å²) >= 11 is 0. The van der Waals surface area contributed by atoms with Gasteiger partial charge in [-0.1, -0.05) is 39.0 Å². The number of ketones is 2. The van der Waals surface area contributed by atoms with E-state index in [1.807, 2.05) is 0 Å². The lowest BCUT2D eigenvalue weighted by Crippen LogP contribution is -2.48. The van der Waals surface area contributed by atoms with E-state index in [-0.39, 0.29) is 47.9 Å². The zero-order valence-electron chi connectivity index (χ0n) is 39.0. The standard InChI is InChI=1S/C47H61NO19/c1-21-12-11-13-27(26(6)66-45(59)46(7,8)17-32(51)52)37(54)23(3)36(53)24(4)40(62-19-49)22(2)30(61-18-31-44(60-10)64-20-63-31)14-15-65-47(9)42(57)35-33-29(50)16-28(48-43(21)58)39(56)34(33)38(55)25(5)41(35)67-47/h11-16,19,22-24,26-27,30-31,36-37,40,42,44,53-55,57H,17-18,20H2,1-10H3,(H,48,58)(H,51,52)/b13-11+,15-14+,21-12-. The summed E-state index contributed by atoms with van der Waals surface area (Å²) in [6.07, 6.45) is -2.53. The van der Waals surface area contributed by atoms with E-state index in [9.17, 15) is 54.3 Å². The Morgan fingerprint density at radius 1 is 1.01 bits per heavy atom. The molecule has 20 heteroatoms. The lowest BCUT2D eigenvalue weighted by atomic mass is 9.77. The Hall–Kier alpha value is -5.48. The van der Waals surface area contributed by atoms with Crippen molar-refractivity contribution in [2.75, 3.05) is 20.5 Å². The molecule has 1 amide bonds. The molecule has 0 radical (unpaired) electrons. The van der Waals surface area contributed by atoms with E-state index in [4.69, 9.17) is 37.9 Å². The van der Waals surface area contributed by atoms with Gasteiger partial charge in [0.25, 0.3) is 18.2 Å². The van der Waals surface area contributed by atoms with Crippen molar-refractivity contribution in [3.05, 3.63) is 70.2 Å². The van der Waals surface area contributed by atoms with Crippen LogP contribution >= 0.6 is 0 Å². The maximum atomic E-state index is 14.0. The number of aliphatic hydroxyl groups excluding tert-OH is 3. The van der Waals surface area contributed by atoms with Crippen LogP contribution in [0.5, 0.6) is 11.5 Å². The molecule has 1 saturated heterocycles. The van der Waals surface area contributed by atoms with Gasteiger partial charge in [0.05, 0.1) is 54.3 Å². The molecule has 0 aromatic heterocycles. The highest BCUT2D eigenvalue weighted by atomic mass is 16.8. The Morgan fingerprint density at radius 2 is 1.70 bits per heavy atom. The Labute approximate surface area is 387 Å². The van der Waals surface area contributed by atoms with E-state index < -0.39 is 137 Å². The molecule has 6 rings (SSSR count). The molecule has 368 valence electrons. The van der Waals surface area contributed by atoms with Gasteiger partial charge in [-0.2, -0.15) is 0 Å². The fourth-order valence-corrected chi connectivity index (χ4v) is 8.64. The normalized spacial score (nSPS) is 33.8. The second kappa shape index (κ2) is 21.2. The van der Waals surface area contributed by atoms with Crippen LogP contribution in [-0.4, -0.2) is 131 Å². The van der Waals surface area contributed by atoms with Crippen molar-refractivity contribution >= 4 is 35.9 Å². The molecular formula is C47H61NO19. The minimum atomic E-state index is -1.98. The van der Waals surface area contributed by atoms with Crippen LogP contribution in [0.15, 0.2) is 47.9 Å². The van der Waals surface area contributed by atoms with E-state index >= 15 is 0 Å². The molecule has 5 bridgehead atoms. The van der Waals surface area contributed by atoms with Crippen LogP contribution in [0.3, 0.4) is 0 Å². The van der Waals surface area contributed by atoms with Gasteiger partial charge in [-0.05, 0) is 40.7 Å². The van der Waals surface area contributed by atoms with Crippen molar-refractivity contribution in [3.8, 4) is 11.5 Å². The van der Waals surface area contributed by atoms with Crippen LogP contribution in [-0.2, 0) is 52.3 Å². The number of carbonyl (C=O) groups excluding carboxylic acids is 5. The van der Waals surface area contributed by atoms with Crippen LogP contribution in [0.25, 0.3) is 0 Å². The number of aliphatic hydroxyl groups is 3. The van der Waals surface area contributed by atoms with Gasteiger partial charge in [0.1, 0.15) is 29.8 Å². The number of aromatic hydroxyl groups is 1. The van der Waals surface area contributed by atoms with Crippen LogP contribution in [0.4, 0.5) is 0 Å². The highest BCUT2D eigenvalue weighted by Crippen LogP contribution is 2.52. The number of fused-ring (bicyclic) bond motifs is 14. The number of methoxy groups -OCH3 is 1. The first-order valence-electron chi connectivity index (χ1n) is 21.7. The molecular weight excluding hydrogens is 883 g/mol. The second-order valence-electron chi connectivity index (χ2n) is 18.2. The number of Topliss-reactive ketones (excluding diaryl/α,β-unsaturated/α-hetero) is 1. The summed E-state index contributed by atoms with van der Waals surface area (Å²) in [6.45, 7) is 13.2. The largest absolute Gasteiger partial charge is 0.507 e. The summed E-state index contributed by atoms with van der Waals surface area (Å²) < 4.78 is 46.2. The number of benzene rings is 1. The molecule has 4 heterocycles. The van der Waals surface area contributed by atoms with Crippen molar-refractivity contribution in [1.29, 1.82) is 0 Å². The molecule has 13 atom stereocenters. The number of amides is 1. The Bertz CT molecular complexity index is 2210. The van der Waals surface area contributed by atoms with E-state index in [0.29, 0.717) is 0 Å². The number of hydrogen-bond acceptors (Lipinski definition) is 18. The fourth-order valence-electron chi connectivity index (χ4n) is 8.64. The highest BCUT2D eigenvalue weighted by Gasteiger charge is 2.52. The van der Waals surface area contributed by atoms with Gasteiger partial charge in [0.2, 0.25) is 5.78 Å². The van der Waals surface area contributed by atoms with Gasteiger partial charge in [-0.25, -0.2) is 0 Å². The Kier molecular flexibility index (Phi) is 16.6. The molecule has 0 spiro atoms. The summed E-state index contributed by atoms with van der Waals surface area (Å²) in [6, 6.07) is 0. The number of carboxylic acids is 1. The third kappa shape index (κ3) is 11.0. The molecule has 0 saturated carbocycles. The second-order valence-corrected chi connectivity index (χ2v) is 18.2. The minimum Gasteiger partial charge on any atom is -0.507 e. The molecule has 1 aliphatic carbocycles. The molecule has 13 unspecified atom stereocenters. The summed E-state index contributed by atoms with van der Waals surface area (Å²) in [7, 11) is 1.42. The van der Waals surface area contributed by atoms with E-state index in [2.05, 4.69) is 5.32 Å². The lowest BCUT2D eigenvalue weighted by Gasteiger charge is -2.39. The Morgan fingerprint density at radius 3 is 2.34 bits per heavy atom. The summed E-state index contributed by atoms with van der Waals surface area (Å²) in [5, 5.41) is 59.0. The summed E-state index contributed by atoms with van der Waals surface area (Å²) in [5.41, 5.74) is -2.95. The predicted octanol–water partition coefficient (Wildman–Crippen LogP) is 3.22. The number of allylic oxidation sites excluding steroid dienone is 4. The first-order chi connectivity index (χ1) is 31.4. The van der Waals surface area contributed by atoms with Gasteiger partial charge in [0.15, 0.2) is 25.0 Å². The summed E-state index contributed by atoms with van der Waals surface area (Å²) in [4.78, 5) is 78.3. The number of hydrogen-bond donors (Lipinski definition) is 6. The number of carboxylic acid groups (broad SMARTS) is 1. The van der Waals surface area contributed by atoms with Crippen molar-refractivity contribution in [1.82, 2.24) is 5.32 Å². The number of ether oxygens (including phenoxy) is 8. The predicted molar refractivity (Wildman–Crippen MR) is 232 cm³/mol. The zero-order valence-corrected chi connectivity index (χ0v) is 39.0. The molecule has 4 aliphatic heterocycles. The topological polar surface area (TPSA) is 289 Å². The molecule has 1 aromatic rings. The first kappa shape index (κ1) is 52.5. The van der Waals surface area contributed by atoms with E-state index in [1.54, 1.807) is 13.8 Å². The van der Waals surface area contributed by atoms with Gasteiger partial charge in [-0.15, -0.1) is 0 Å². The molecule has 67 heavy (non-hydrogen) atoms. The quantitative estimate of drug-likeness (QED) is 0.137. The van der Waals surface area contributed by atoms with Gasteiger partial charge >= 0.3 is 11.9 Å². The maximum absolute atomic E-state index is 14.0. The third-order valence-electron chi connectivity index (χ3n) is 12.9. The number of phenolic OH excluding ortho intramolecular Hbond substituents is 1. The lowest BCUT2D eigenvalue weighted by molar-refractivity contribution is -0.181. The SMILES string of the molecule is COC1OCOC1COC1/C=C/OC2(C)Oc3c(C)c(O)c4c(c3C2O)C(=O)C=C(NC(=O)/C(C)=C\C=C\C(C(C)OC(=O)C(C)(C)CC(=O)O)C(O)C(C)C(O)C(C)C(OC=O)C1C)C4=O. The molecule has 1 fully saturated rings. The molecule has 20 nitrogen and oxygen atoms in total. The number of aliphatic carboxylic acids is 1. The molecule has 1 aromatic carbocycles. The number of phenols is 1. The van der Waals surface area contributed by atoms with E-state index in [0.717, 1.165) is 12.3 Å². The number of esters is 1. The van der Waals surface area contributed by atoms with Gasteiger partial charge in [0, 0.05) is 66.0 Å². The molecule has 5 aliphatic rings. The van der Waals surface area contributed by atoms with Crippen LogP contribution in [0, 0.1) is 36.0 Å². The van der Waals surface area contributed by atoms with E-state index in [1.165, 1.54) is 79.9 Å². The van der Waals surface area contributed by atoms with Crippen LogP contribution < -0.4 is 10.1 Å². The number of carbonyl (C=O) groups is 6. The fraction of sp³-hybridized carbons (Fsp3) is 0.574. The average Bonchev–Trinajstić information content (AvgIpc) is 3.84. The van der Waals surface area contributed by atoms with Crippen molar-refractivity contribution in [3.63, 3.8) is 0 Å². The zero-order chi connectivity index (χ0) is 49.9. The highest BCUT2D eigenvalue weighted by molar-refractivity contribution is 6.27. The monoisotopic (exact) mass is 943 g/mol. The van der Waals surface area contributed by atoms with Crippen molar-refractivity contribution in [2.24, 2.45) is 29.1 Å². The first-order valence-corrected chi connectivity index (χ1v) is 21.7. The number of rotatable bonds is 11. The molecule has 6 N–H and O–H groups in total. The average molecular weight is 944 g/mol. The Balaban J connectivity index is 1.62. The van der Waals surface area contributed by atoms with Crippen LogP contribution in [0.1, 0.15) is 99.8 Å². The smallest absolute Gasteiger partial charge is 0.312 e.